The van der Waals surface area contributed by atoms with E-state index in [1.54, 1.807) is 23.1 Å². The van der Waals surface area contributed by atoms with Gasteiger partial charge in [-0.3, -0.25) is 0 Å². The third-order valence-corrected chi connectivity index (χ3v) is 4.94. The highest BCUT2D eigenvalue weighted by atomic mass is 79.9. The molecule has 0 spiro atoms. The van der Waals surface area contributed by atoms with Crippen molar-refractivity contribution in [2.24, 2.45) is 0 Å². The van der Waals surface area contributed by atoms with Crippen molar-refractivity contribution in [2.75, 3.05) is 5.75 Å². The Hall–Kier alpha value is -0.360. The number of rotatable bonds is 5. The highest BCUT2D eigenvalue weighted by Gasteiger charge is 2.09. The number of halogens is 1. The summed E-state index contributed by atoms with van der Waals surface area (Å²) in [5.74, 6) is 0.690. The fraction of sp³-hybridized carbons (Fsp3) is 0.308. The van der Waals surface area contributed by atoms with Gasteiger partial charge in [-0.1, -0.05) is 22.0 Å². The van der Waals surface area contributed by atoms with E-state index in [-0.39, 0.29) is 6.10 Å². The van der Waals surface area contributed by atoms with Crippen molar-refractivity contribution < 1.29 is 5.11 Å². The highest BCUT2D eigenvalue weighted by Crippen LogP contribution is 2.23. The Morgan fingerprint density at radius 1 is 1.50 bits per heavy atom. The molecule has 0 aliphatic carbocycles. The molecule has 0 saturated carbocycles. The molecule has 0 aliphatic heterocycles. The highest BCUT2D eigenvalue weighted by molar-refractivity contribution is 9.10. The molecule has 1 N–H and O–H groups in total. The first-order valence-electron chi connectivity index (χ1n) is 5.61. The van der Waals surface area contributed by atoms with E-state index in [2.05, 4.69) is 33.0 Å². The minimum absolute atomic E-state index is 0.348. The van der Waals surface area contributed by atoms with Crippen molar-refractivity contribution >= 4 is 39.0 Å². The molecular weight excluding hydrogens is 330 g/mol. The zero-order valence-corrected chi connectivity index (χ0v) is 13.2. The second-order valence-electron chi connectivity index (χ2n) is 4.01. The van der Waals surface area contributed by atoms with Crippen molar-refractivity contribution in [3.63, 3.8) is 0 Å². The number of benzene rings is 1. The van der Waals surface area contributed by atoms with Crippen LogP contribution in [0.25, 0.3) is 0 Å². The number of nitrogens with zero attached hydrogens (tertiary/aromatic N) is 1. The molecule has 0 bridgehead atoms. The van der Waals surface area contributed by atoms with Gasteiger partial charge < -0.3 is 5.11 Å². The normalized spacial score (nSPS) is 12.6. The zero-order valence-electron chi connectivity index (χ0n) is 9.97. The Labute approximate surface area is 124 Å². The molecule has 0 fully saturated rings. The Morgan fingerprint density at radius 3 is 3.00 bits per heavy atom. The minimum atomic E-state index is -0.348. The lowest BCUT2D eigenvalue weighted by molar-refractivity contribution is 0.200. The summed E-state index contributed by atoms with van der Waals surface area (Å²) in [4.78, 5) is 5.53. The van der Waals surface area contributed by atoms with Gasteiger partial charge in [-0.05, 0) is 25.1 Å². The summed E-state index contributed by atoms with van der Waals surface area (Å²) in [6, 6.07) is 8.11. The molecule has 1 unspecified atom stereocenters. The third-order valence-electron chi connectivity index (χ3n) is 2.32. The molecule has 18 heavy (non-hydrogen) atoms. The van der Waals surface area contributed by atoms with Crippen molar-refractivity contribution in [1.29, 1.82) is 0 Å². The molecule has 2 rings (SSSR count). The number of hydrogen-bond acceptors (Lipinski definition) is 4. The van der Waals surface area contributed by atoms with Crippen LogP contribution in [0.3, 0.4) is 0 Å². The van der Waals surface area contributed by atoms with E-state index in [9.17, 15) is 5.11 Å². The van der Waals surface area contributed by atoms with E-state index in [1.165, 1.54) is 4.90 Å². The van der Waals surface area contributed by atoms with E-state index < -0.39 is 0 Å². The molecule has 96 valence electrons. The van der Waals surface area contributed by atoms with Crippen LogP contribution in [-0.4, -0.2) is 21.9 Å². The quantitative estimate of drug-likeness (QED) is 0.835. The number of hydrogen-bond donors (Lipinski definition) is 1. The summed E-state index contributed by atoms with van der Waals surface area (Å²) in [5, 5.41) is 13.0. The van der Waals surface area contributed by atoms with Crippen LogP contribution in [0.4, 0.5) is 0 Å². The maximum atomic E-state index is 9.98. The van der Waals surface area contributed by atoms with Gasteiger partial charge in [0.2, 0.25) is 0 Å². The van der Waals surface area contributed by atoms with Gasteiger partial charge >= 0.3 is 0 Å². The molecule has 0 amide bonds. The number of aromatic nitrogens is 1. The van der Waals surface area contributed by atoms with E-state index in [1.807, 2.05) is 24.4 Å². The number of aliphatic hydroxyl groups excluding tert-OH is 1. The van der Waals surface area contributed by atoms with Gasteiger partial charge in [0.15, 0.2) is 0 Å². The summed E-state index contributed by atoms with van der Waals surface area (Å²) in [7, 11) is 0. The number of thiazole rings is 1. The molecule has 1 heterocycles. The Morgan fingerprint density at radius 2 is 2.33 bits per heavy atom. The van der Waals surface area contributed by atoms with Crippen molar-refractivity contribution in [3.05, 3.63) is 44.8 Å². The summed E-state index contributed by atoms with van der Waals surface area (Å²) >= 11 is 6.72. The van der Waals surface area contributed by atoms with Crippen LogP contribution >= 0.6 is 39.0 Å². The lowest BCUT2D eigenvalue weighted by atomic mass is 10.3. The first-order chi connectivity index (χ1) is 8.63. The third kappa shape index (κ3) is 4.39. The molecule has 1 aromatic carbocycles. The smallest absolute Gasteiger partial charge is 0.0954 e. The van der Waals surface area contributed by atoms with Gasteiger partial charge in [-0.25, -0.2) is 4.98 Å². The molecule has 2 nitrogen and oxygen atoms in total. The topological polar surface area (TPSA) is 33.1 Å². The van der Waals surface area contributed by atoms with E-state index in [4.69, 9.17) is 0 Å². The average Bonchev–Trinajstić information content (AvgIpc) is 2.72. The zero-order chi connectivity index (χ0) is 13.0. The molecule has 0 aliphatic rings. The van der Waals surface area contributed by atoms with Gasteiger partial charge in [0, 0.05) is 32.6 Å². The maximum absolute atomic E-state index is 9.98. The predicted octanol–water partition coefficient (Wildman–Crippen LogP) is 3.91. The molecule has 5 heteroatoms. The van der Waals surface area contributed by atoms with Crippen LogP contribution in [0.1, 0.15) is 10.7 Å². The first-order valence-corrected chi connectivity index (χ1v) is 8.27. The largest absolute Gasteiger partial charge is 0.392 e. The van der Waals surface area contributed by atoms with Gasteiger partial charge in [-0.15, -0.1) is 23.1 Å². The molecule has 0 saturated heterocycles. The summed E-state index contributed by atoms with van der Waals surface area (Å²) in [5.41, 5.74) is 1.03. The van der Waals surface area contributed by atoms with Crippen LogP contribution in [-0.2, 0) is 6.42 Å². The number of thioether (sulfide) groups is 1. The Balaban J connectivity index is 1.83. The second kappa shape index (κ2) is 6.70. The van der Waals surface area contributed by atoms with Crippen LogP contribution < -0.4 is 0 Å². The molecular formula is C13H14BrNOS2. The summed E-state index contributed by atoms with van der Waals surface area (Å²) in [6.45, 7) is 1.97. The van der Waals surface area contributed by atoms with Gasteiger partial charge in [0.1, 0.15) is 0 Å². The number of aliphatic hydroxyl groups is 1. The van der Waals surface area contributed by atoms with Crippen LogP contribution in [0.2, 0.25) is 0 Å². The van der Waals surface area contributed by atoms with Crippen LogP contribution in [0.15, 0.2) is 39.0 Å². The van der Waals surface area contributed by atoms with Gasteiger partial charge in [0.25, 0.3) is 0 Å². The predicted molar refractivity (Wildman–Crippen MR) is 81.4 cm³/mol. The average molecular weight is 344 g/mol. The maximum Gasteiger partial charge on any atom is 0.0954 e. The van der Waals surface area contributed by atoms with E-state index >= 15 is 0 Å². The van der Waals surface area contributed by atoms with Crippen molar-refractivity contribution in [2.45, 2.75) is 24.3 Å². The van der Waals surface area contributed by atoms with Crippen molar-refractivity contribution in [1.82, 2.24) is 4.98 Å². The summed E-state index contributed by atoms with van der Waals surface area (Å²) < 4.78 is 1.07. The van der Waals surface area contributed by atoms with Gasteiger partial charge in [-0.2, -0.15) is 0 Å². The molecule has 0 radical (unpaired) electrons. The molecule has 2 aromatic rings. The fourth-order valence-corrected chi connectivity index (χ4v) is 3.79. The minimum Gasteiger partial charge on any atom is -0.392 e. The van der Waals surface area contributed by atoms with Gasteiger partial charge in [0.05, 0.1) is 11.1 Å². The fourth-order valence-electron chi connectivity index (χ4n) is 1.51. The molecule has 1 aromatic heterocycles. The van der Waals surface area contributed by atoms with Crippen molar-refractivity contribution in [3.8, 4) is 0 Å². The lowest BCUT2D eigenvalue weighted by Gasteiger charge is -2.08. The monoisotopic (exact) mass is 343 g/mol. The molecule has 1 atom stereocenters. The number of aryl methyl sites for hydroxylation is 1. The first kappa shape index (κ1) is 14.1. The SMILES string of the molecule is Cc1csc(CC(O)CSc2cccc(Br)c2)n1. The van der Waals surface area contributed by atoms with E-state index in [0.717, 1.165) is 15.2 Å². The van der Waals surface area contributed by atoms with Crippen LogP contribution in [0.5, 0.6) is 0 Å². The lowest BCUT2D eigenvalue weighted by Crippen LogP contribution is -2.13. The van der Waals surface area contributed by atoms with Crippen LogP contribution in [0, 0.1) is 6.92 Å². The Bertz CT molecular complexity index is 515. The Kier molecular flexibility index (Phi) is 5.24. The van der Waals surface area contributed by atoms with E-state index in [0.29, 0.717) is 12.2 Å². The second-order valence-corrected chi connectivity index (χ2v) is 6.96. The standard InChI is InChI=1S/C13H14BrNOS2/c1-9-7-18-13(15-9)6-11(16)8-17-12-4-2-3-10(14)5-12/h2-5,7,11,16H,6,8H2,1H3. The summed E-state index contributed by atoms with van der Waals surface area (Å²) in [6.07, 6.45) is 0.291.